The van der Waals surface area contributed by atoms with Crippen LogP contribution in [0.25, 0.3) is 0 Å². The quantitative estimate of drug-likeness (QED) is 0.414. The SMILES string of the molecule is Cc1c(Br)cccc1Oc1nnc(C(F)(F)F)c(C)c1C(=O)Nc1cccc(S(C)(=N)=O)c1. The second kappa shape index (κ2) is 9.10. The van der Waals surface area contributed by atoms with Crippen LogP contribution in [0.2, 0.25) is 0 Å². The molecule has 0 saturated heterocycles. The van der Waals surface area contributed by atoms with Crippen molar-refractivity contribution in [3.05, 3.63) is 69.3 Å². The Morgan fingerprint density at radius 3 is 2.42 bits per heavy atom. The smallest absolute Gasteiger partial charge is 0.435 e. The molecule has 0 saturated carbocycles. The number of aromatic nitrogens is 2. The van der Waals surface area contributed by atoms with Gasteiger partial charge in [0.05, 0.1) is 9.73 Å². The zero-order valence-corrected chi connectivity index (χ0v) is 20.0. The van der Waals surface area contributed by atoms with Gasteiger partial charge in [-0.1, -0.05) is 28.1 Å². The number of carbonyl (C=O) groups excluding carboxylic acids is 1. The average molecular weight is 543 g/mol. The summed E-state index contributed by atoms with van der Waals surface area (Å²) in [6.07, 6.45) is -3.62. The van der Waals surface area contributed by atoms with Crippen molar-refractivity contribution in [3.8, 4) is 11.6 Å². The van der Waals surface area contributed by atoms with Gasteiger partial charge in [-0.25, -0.2) is 8.99 Å². The predicted octanol–water partition coefficient (Wildman–Crippen LogP) is 5.95. The van der Waals surface area contributed by atoms with Crippen molar-refractivity contribution in [2.24, 2.45) is 0 Å². The molecular formula is C21H18BrF3N4O3S. The highest BCUT2D eigenvalue weighted by molar-refractivity contribution is 9.10. The molecule has 1 heterocycles. The molecule has 0 aliphatic heterocycles. The summed E-state index contributed by atoms with van der Waals surface area (Å²) < 4.78 is 66.4. The maximum Gasteiger partial charge on any atom is 0.435 e. The summed E-state index contributed by atoms with van der Waals surface area (Å²) in [5.41, 5.74) is -1.45. The predicted molar refractivity (Wildman–Crippen MR) is 120 cm³/mol. The number of hydrogen-bond acceptors (Lipinski definition) is 6. The van der Waals surface area contributed by atoms with Crippen LogP contribution in [0.15, 0.2) is 51.8 Å². The number of halogens is 4. The minimum atomic E-state index is -4.84. The van der Waals surface area contributed by atoms with Crippen LogP contribution in [-0.2, 0) is 15.9 Å². The van der Waals surface area contributed by atoms with Crippen molar-refractivity contribution in [3.63, 3.8) is 0 Å². The van der Waals surface area contributed by atoms with Crippen molar-refractivity contribution in [1.82, 2.24) is 10.2 Å². The third-order valence-electron chi connectivity index (χ3n) is 4.65. The summed E-state index contributed by atoms with van der Waals surface area (Å²) in [6.45, 7) is 2.82. The summed E-state index contributed by atoms with van der Waals surface area (Å²) in [6, 6.07) is 10.7. The number of nitrogens with zero attached hydrogens (tertiary/aromatic N) is 2. The molecule has 0 spiro atoms. The molecule has 12 heteroatoms. The first-order valence-corrected chi connectivity index (χ1v) is 12.1. The maximum atomic E-state index is 13.4. The molecule has 7 nitrogen and oxygen atoms in total. The number of anilines is 1. The molecule has 0 aliphatic rings. The number of rotatable bonds is 5. The van der Waals surface area contributed by atoms with Gasteiger partial charge in [-0.2, -0.15) is 13.2 Å². The van der Waals surface area contributed by atoms with Gasteiger partial charge in [-0.15, -0.1) is 10.2 Å². The van der Waals surface area contributed by atoms with E-state index in [9.17, 15) is 22.2 Å². The zero-order valence-electron chi connectivity index (χ0n) is 17.6. The summed E-state index contributed by atoms with van der Waals surface area (Å²) in [5.74, 6) is -1.07. The van der Waals surface area contributed by atoms with E-state index in [1.807, 2.05) is 0 Å². The Morgan fingerprint density at radius 2 is 1.79 bits per heavy atom. The lowest BCUT2D eigenvalue weighted by Gasteiger charge is -2.17. The molecule has 0 bridgehead atoms. The topological polar surface area (TPSA) is 105 Å². The number of amides is 1. The fourth-order valence-corrected chi connectivity index (χ4v) is 3.96. The zero-order chi connectivity index (χ0) is 24.6. The third kappa shape index (κ3) is 5.50. The van der Waals surface area contributed by atoms with E-state index in [1.165, 1.54) is 30.5 Å². The summed E-state index contributed by atoms with van der Waals surface area (Å²) in [5, 5.41) is 9.26. The average Bonchev–Trinajstić information content (AvgIpc) is 2.70. The van der Waals surface area contributed by atoms with Gasteiger partial charge in [0.1, 0.15) is 11.3 Å². The first-order valence-electron chi connectivity index (χ1n) is 9.31. The second-order valence-electron chi connectivity index (χ2n) is 7.14. The van der Waals surface area contributed by atoms with Crippen molar-refractivity contribution in [2.45, 2.75) is 24.9 Å². The van der Waals surface area contributed by atoms with Crippen molar-refractivity contribution in [1.29, 1.82) is 4.78 Å². The number of carbonyl (C=O) groups is 1. The molecule has 3 rings (SSSR count). The van der Waals surface area contributed by atoms with Gasteiger partial charge in [0.2, 0.25) is 0 Å². The molecule has 0 aliphatic carbocycles. The largest absolute Gasteiger partial charge is 0.437 e. The lowest BCUT2D eigenvalue weighted by molar-refractivity contribution is -0.142. The Hall–Kier alpha value is -2.99. The molecule has 1 aromatic heterocycles. The van der Waals surface area contributed by atoms with Gasteiger partial charge < -0.3 is 10.1 Å². The van der Waals surface area contributed by atoms with E-state index in [4.69, 9.17) is 9.52 Å². The molecule has 2 aromatic carbocycles. The van der Waals surface area contributed by atoms with E-state index < -0.39 is 44.5 Å². The standard InChI is InChI=1S/C21H18BrF3N4O3S/c1-11-15(22)8-5-9-16(11)32-20-17(12(2)18(28-29-20)21(23,24)25)19(30)27-13-6-4-7-14(10-13)33(3,26)31/h4-10,26H,1-3H3,(H,27,30). The number of alkyl halides is 3. The lowest BCUT2D eigenvalue weighted by Crippen LogP contribution is -2.21. The molecule has 1 unspecified atom stereocenters. The minimum Gasteiger partial charge on any atom is -0.437 e. The van der Waals surface area contributed by atoms with E-state index >= 15 is 0 Å². The Bertz CT molecular complexity index is 1350. The number of ether oxygens (including phenoxy) is 1. The Kier molecular flexibility index (Phi) is 6.80. The van der Waals surface area contributed by atoms with E-state index in [0.29, 0.717) is 10.0 Å². The Labute approximate surface area is 196 Å². The van der Waals surface area contributed by atoms with Crippen LogP contribution in [0.4, 0.5) is 18.9 Å². The van der Waals surface area contributed by atoms with Crippen LogP contribution in [0, 0.1) is 18.6 Å². The molecule has 1 atom stereocenters. The first kappa shape index (κ1) is 24.6. The summed E-state index contributed by atoms with van der Waals surface area (Å²) in [4.78, 5) is 13.2. The summed E-state index contributed by atoms with van der Waals surface area (Å²) in [7, 11) is -3.07. The van der Waals surface area contributed by atoms with E-state index in [0.717, 1.165) is 6.92 Å². The molecule has 0 fully saturated rings. The minimum absolute atomic E-state index is 0.147. The van der Waals surface area contributed by atoms with Crippen LogP contribution < -0.4 is 10.1 Å². The molecule has 33 heavy (non-hydrogen) atoms. The highest BCUT2D eigenvalue weighted by atomic mass is 79.9. The molecule has 1 amide bonds. The molecular weight excluding hydrogens is 525 g/mol. The van der Waals surface area contributed by atoms with Gasteiger partial charge in [0.25, 0.3) is 11.8 Å². The van der Waals surface area contributed by atoms with E-state index in [2.05, 4.69) is 31.4 Å². The van der Waals surface area contributed by atoms with Gasteiger partial charge in [0, 0.05) is 26.9 Å². The number of nitrogens with one attached hydrogen (secondary N) is 2. The second-order valence-corrected chi connectivity index (χ2v) is 10.2. The molecule has 174 valence electrons. The number of hydrogen-bond donors (Lipinski definition) is 2. The Balaban J connectivity index is 2.09. The first-order chi connectivity index (χ1) is 15.3. The lowest BCUT2D eigenvalue weighted by atomic mass is 10.1. The number of benzene rings is 2. The van der Waals surface area contributed by atoms with Crippen LogP contribution in [0.5, 0.6) is 11.6 Å². The van der Waals surface area contributed by atoms with Crippen molar-refractivity contribution in [2.75, 3.05) is 11.6 Å². The van der Waals surface area contributed by atoms with E-state index in [-0.39, 0.29) is 16.3 Å². The third-order valence-corrected chi connectivity index (χ3v) is 6.66. The van der Waals surface area contributed by atoms with Crippen LogP contribution in [-0.4, -0.2) is 26.6 Å². The molecule has 0 radical (unpaired) electrons. The molecule has 3 aromatic rings. The van der Waals surface area contributed by atoms with Crippen molar-refractivity contribution < 1.29 is 26.9 Å². The maximum absolute atomic E-state index is 13.4. The van der Waals surface area contributed by atoms with Gasteiger partial charge >= 0.3 is 6.18 Å². The fraction of sp³-hybridized carbons (Fsp3) is 0.190. The molecule has 2 N–H and O–H groups in total. The summed E-state index contributed by atoms with van der Waals surface area (Å²) >= 11 is 3.34. The van der Waals surface area contributed by atoms with Crippen LogP contribution >= 0.6 is 15.9 Å². The van der Waals surface area contributed by atoms with Crippen molar-refractivity contribution >= 4 is 37.3 Å². The Morgan fingerprint density at radius 1 is 1.12 bits per heavy atom. The van der Waals surface area contributed by atoms with Gasteiger partial charge in [-0.05, 0) is 49.7 Å². The monoisotopic (exact) mass is 542 g/mol. The highest BCUT2D eigenvalue weighted by Gasteiger charge is 2.38. The fourth-order valence-electron chi connectivity index (χ4n) is 2.92. The van der Waals surface area contributed by atoms with Gasteiger partial charge in [0.15, 0.2) is 5.69 Å². The normalized spacial score (nSPS) is 13.3. The highest BCUT2D eigenvalue weighted by Crippen LogP contribution is 2.36. The van der Waals surface area contributed by atoms with Gasteiger partial charge in [-0.3, -0.25) is 4.79 Å². The van der Waals surface area contributed by atoms with Crippen LogP contribution in [0.3, 0.4) is 0 Å². The van der Waals surface area contributed by atoms with E-state index in [1.54, 1.807) is 25.1 Å². The van der Waals surface area contributed by atoms with Crippen LogP contribution in [0.1, 0.15) is 27.2 Å².